The molecule has 0 rings (SSSR count). The molecule has 0 aromatic rings. The Morgan fingerprint density at radius 3 is 0.777 bits per heavy atom. The number of aliphatic hydroxyl groups is 2. The van der Waals surface area contributed by atoms with Gasteiger partial charge in [0.15, 0.2) is 6.10 Å². The minimum atomic E-state index is -4.95. The fourth-order valence-corrected chi connectivity index (χ4v) is 11.4. The van der Waals surface area contributed by atoms with Crippen LogP contribution in [-0.2, 0) is 55.8 Å². The summed E-state index contributed by atoms with van der Waals surface area (Å²) in [6.45, 7) is 2.26. The van der Waals surface area contributed by atoms with Crippen molar-refractivity contribution in [3.8, 4) is 0 Å². The third-order valence-electron chi connectivity index (χ3n) is 15.6. The van der Waals surface area contributed by atoms with E-state index < -0.39 is 91.5 Å². The Balaban J connectivity index is 4.64. The standard InChI is InChI=1S/C85H138O16P2/c1-4-7-10-13-16-19-22-25-28-31-34-35-36-37-38-39-40-41-42-43-46-48-50-53-56-59-62-65-68-71-83(88)95-74-80(86)75-97-102(91,92)98-76-81(87)77-99-103(93,94)100-79-82(101-85(90)73-70-67-64-61-58-55-52-49-45-33-30-27-24-21-18-15-12-9-6-3)78-96-84(89)72-69-66-63-60-57-54-51-47-44-32-29-26-23-20-17-14-11-8-5-2/h7-12,16-21,25-30,34-35,37-38,40-41,44-45,47,49,54,57,80-82,86-87H,4-6,13-15,22-24,31-33,36,39,42-43,46,48,50-53,55-56,58-79H2,1-3H3,(H,91,92)(H,93,94)/b10-7-,11-8-,12-9-,19-16-,20-17-,21-18-,28-25-,29-26-,30-27-,35-34-,38-37-,41-40-,47-44-,49-45-,57-54-. The molecule has 0 amide bonds. The van der Waals surface area contributed by atoms with Crippen LogP contribution in [0.15, 0.2) is 182 Å². The maximum atomic E-state index is 13.0. The van der Waals surface area contributed by atoms with Gasteiger partial charge in [-0.25, -0.2) is 9.13 Å². The molecular weight excluding hydrogens is 1340 g/mol. The van der Waals surface area contributed by atoms with Crippen LogP contribution < -0.4 is 0 Å². The van der Waals surface area contributed by atoms with Gasteiger partial charge in [-0.2, -0.15) is 0 Å². The van der Waals surface area contributed by atoms with Crippen LogP contribution in [0, 0.1) is 0 Å². The molecule has 5 atom stereocenters. The number of unbranched alkanes of at least 4 members (excludes halogenated alkanes) is 19. The number of esters is 3. The fourth-order valence-electron chi connectivity index (χ4n) is 9.77. The van der Waals surface area contributed by atoms with Crippen molar-refractivity contribution < 1.29 is 75.8 Å². The monoisotopic (exact) mass is 1480 g/mol. The van der Waals surface area contributed by atoms with E-state index in [2.05, 4.69) is 203 Å². The van der Waals surface area contributed by atoms with Crippen molar-refractivity contribution in [1.29, 1.82) is 0 Å². The summed E-state index contributed by atoms with van der Waals surface area (Å²) in [5.41, 5.74) is 0. The lowest BCUT2D eigenvalue weighted by molar-refractivity contribution is -0.161. The minimum absolute atomic E-state index is 0.0738. The van der Waals surface area contributed by atoms with E-state index in [-0.39, 0.29) is 19.3 Å². The molecular formula is C85H138O16P2. The lowest BCUT2D eigenvalue weighted by Gasteiger charge is -2.21. The predicted octanol–water partition coefficient (Wildman–Crippen LogP) is 23.0. The lowest BCUT2D eigenvalue weighted by atomic mass is 10.1. The maximum Gasteiger partial charge on any atom is 0.472 e. The van der Waals surface area contributed by atoms with E-state index in [4.69, 9.17) is 32.3 Å². The normalized spacial score (nSPS) is 15.0. The molecule has 0 aliphatic rings. The van der Waals surface area contributed by atoms with E-state index in [1.165, 1.54) is 32.1 Å². The van der Waals surface area contributed by atoms with Crippen molar-refractivity contribution in [2.24, 2.45) is 0 Å². The smallest absolute Gasteiger partial charge is 0.463 e. The van der Waals surface area contributed by atoms with Crippen LogP contribution >= 0.6 is 15.6 Å². The van der Waals surface area contributed by atoms with E-state index in [0.717, 1.165) is 186 Å². The molecule has 0 heterocycles. The number of aliphatic hydroxyl groups excluding tert-OH is 2. The number of ether oxygens (including phenoxy) is 3. The van der Waals surface area contributed by atoms with Crippen molar-refractivity contribution in [3.05, 3.63) is 182 Å². The molecule has 0 bridgehead atoms. The van der Waals surface area contributed by atoms with Gasteiger partial charge in [-0.1, -0.05) is 287 Å². The van der Waals surface area contributed by atoms with E-state index in [1.807, 2.05) is 0 Å². The molecule has 18 heteroatoms. The Hall–Kier alpha value is -5.35. The van der Waals surface area contributed by atoms with Gasteiger partial charge in [-0.3, -0.25) is 32.5 Å². The molecule has 0 saturated heterocycles. The largest absolute Gasteiger partial charge is 0.472 e. The van der Waals surface area contributed by atoms with E-state index in [1.54, 1.807) is 0 Å². The Labute approximate surface area is 624 Å². The number of carbonyl (C=O) groups is 3. The first kappa shape index (κ1) is 97.7. The van der Waals surface area contributed by atoms with Crippen molar-refractivity contribution in [2.75, 3.05) is 39.6 Å². The molecule has 4 N–H and O–H groups in total. The van der Waals surface area contributed by atoms with Crippen LogP contribution in [-0.4, -0.2) is 95.9 Å². The van der Waals surface area contributed by atoms with E-state index in [0.29, 0.717) is 19.3 Å². The molecule has 0 saturated carbocycles. The number of hydrogen-bond donors (Lipinski definition) is 4. The SMILES string of the molecule is CC/C=C\C/C=C\C/C=C\C/C=C\C/C=C\C/C=C\CCCCCCCCCCCCC(=O)OCC(O)COP(=O)(O)OCC(O)COP(=O)(O)OCC(COC(=O)CCCCC/C=C\C/C=C\C/C=C\C/C=C\C/C=C\CC)OC(=O)CCCCCCCC/C=C\C/C=C\C/C=C\C/C=C\CC. The zero-order valence-electron chi connectivity index (χ0n) is 63.7. The molecule has 103 heavy (non-hydrogen) atoms. The molecule has 16 nitrogen and oxygen atoms in total. The van der Waals surface area contributed by atoms with Gasteiger partial charge in [0, 0.05) is 19.3 Å². The van der Waals surface area contributed by atoms with Gasteiger partial charge in [0.1, 0.15) is 25.4 Å². The molecule has 0 aromatic carbocycles. The van der Waals surface area contributed by atoms with Gasteiger partial charge < -0.3 is 34.2 Å². The van der Waals surface area contributed by atoms with Crippen LogP contribution in [0.4, 0.5) is 0 Å². The van der Waals surface area contributed by atoms with Gasteiger partial charge in [-0.05, 0) is 154 Å². The van der Waals surface area contributed by atoms with Crippen molar-refractivity contribution in [2.45, 2.75) is 296 Å². The number of allylic oxidation sites excluding steroid dienone is 30. The summed E-state index contributed by atoms with van der Waals surface area (Å²) >= 11 is 0. The van der Waals surface area contributed by atoms with Gasteiger partial charge >= 0.3 is 33.6 Å². The highest BCUT2D eigenvalue weighted by atomic mass is 31.2. The van der Waals surface area contributed by atoms with Crippen LogP contribution in [0.25, 0.3) is 0 Å². The first-order valence-corrected chi connectivity index (χ1v) is 42.1. The van der Waals surface area contributed by atoms with E-state index in [9.17, 15) is 43.5 Å². The van der Waals surface area contributed by atoms with Crippen LogP contribution in [0.5, 0.6) is 0 Å². The molecule has 0 radical (unpaired) electrons. The Bertz CT molecular complexity index is 2600. The number of hydrogen-bond acceptors (Lipinski definition) is 14. The first-order chi connectivity index (χ1) is 50.2. The number of carbonyl (C=O) groups excluding carboxylic acids is 3. The Kier molecular flexibility index (Phi) is 72.3. The number of rotatable bonds is 72. The van der Waals surface area contributed by atoms with Crippen LogP contribution in [0.2, 0.25) is 0 Å². The molecule has 0 spiro atoms. The summed E-state index contributed by atoms with van der Waals surface area (Å²) < 4.78 is 61.1. The van der Waals surface area contributed by atoms with Crippen molar-refractivity contribution in [1.82, 2.24) is 0 Å². The second-order valence-electron chi connectivity index (χ2n) is 25.4. The topological polar surface area (TPSA) is 231 Å². The van der Waals surface area contributed by atoms with Crippen LogP contribution in [0.1, 0.15) is 278 Å². The van der Waals surface area contributed by atoms with E-state index >= 15 is 0 Å². The highest BCUT2D eigenvalue weighted by Crippen LogP contribution is 2.45. The predicted molar refractivity (Wildman–Crippen MR) is 426 cm³/mol. The summed E-state index contributed by atoms with van der Waals surface area (Å²) in [5, 5.41) is 20.6. The average Bonchev–Trinajstić information content (AvgIpc) is 0.918. The molecule has 584 valence electrons. The highest BCUT2D eigenvalue weighted by Gasteiger charge is 2.29. The molecule has 0 aliphatic heterocycles. The number of phosphoric acid groups is 2. The van der Waals surface area contributed by atoms with Gasteiger partial charge in [-0.15, -0.1) is 0 Å². The summed E-state index contributed by atoms with van der Waals surface area (Å²) in [4.78, 5) is 58.7. The average molecular weight is 1480 g/mol. The Morgan fingerprint density at radius 1 is 0.272 bits per heavy atom. The highest BCUT2D eigenvalue weighted by molar-refractivity contribution is 7.47. The Morgan fingerprint density at radius 2 is 0.485 bits per heavy atom. The first-order valence-electron chi connectivity index (χ1n) is 39.1. The molecule has 0 fully saturated rings. The second kappa shape index (κ2) is 76.3. The fraction of sp³-hybridized carbons (Fsp3) is 0.612. The van der Waals surface area contributed by atoms with Gasteiger partial charge in [0.05, 0.1) is 26.4 Å². The lowest BCUT2D eigenvalue weighted by Crippen LogP contribution is -2.30. The minimum Gasteiger partial charge on any atom is -0.463 e. The summed E-state index contributed by atoms with van der Waals surface area (Å²) in [6, 6.07) is 0. The summed E-state index contributed by atoms with van der Waals surface area (Å²) in [5.74, 6) is -1.64. The van der Waals surface area contributed by atoms with Crippen molar-refractivity contribution in [3.63, 3.8) is 0 Å². The van der Waals surface area contributed by atoms with Crippen molar-refractivity contribution >= 4 is 33.6 Å². The maximum absolute atomic E-state index is 13.0. The quantitative estimate of drug-likeness (QED) is 0.0146. The third-order valence-corrected chi connectivity index (χ3v) is 17.5. The summed E-state index contributed by atoms with van der Waals surface area (Å²) in [7, 11) is -9.82. The zero-order chi connectivity index (χ0) is 75.2. The second-order valence-corrected chi connectivity index (χ2v) is 28.3. The molecule has 0 aliphatic carbocycles. The van der Waals surface area contributed by atoms with Gasteiger partial charge in [0.25, 0.3) is 0 Å². The third kappa shape index (κ3) is 77.6. The zero-order valence-corrected chi connectivity index (χ0v) is 65.5. The van der Waals surface area contributed by atoms with Crippen LogP contribution in [0.3, 0.4) is 0 Å². The molecule has 5 unspecified atom stereocenters. The molecule has 0 aromatic heterocycles. The number of phosphoric ester groups is 2. The van der Waals surface area contributed by atoms with Gasteiger partial charge in [0.2, 0.25) is 0 Å². The summed E-state index contributed by atoms with van der Waals surface area (Å²) in [6.07, 6.45) is 97.9.